The van der Waals surface area contributed by atoms with E-state index in [1.807, 2.05) is 36.4 Å². The van der Waals surface area contributed by atoms with Crippen molar-refractivity contribution in [2.24, 2.45) is 0 Å². The molecule has 6 heteroatoms. The number of benzene rings is 3. The van der Waals surface area contributed by atoms with Crippen LogP contribution in [0.15, 0.2) is 72.8 Å². The number of nitrogens with zero attached hydrogens (tertiary/aromatic N) is 1. The van der Waals surface area contributed by atoms with Gasteiger partial charge in [-0.1, -0.05) is 42.5 Å². The molecule has 0 fully saturated rings. The molecule has 1 heterocycles. The van der Waals surface area contributed by atoms with Gasteiger partial charge in [0.1, 0.15) is 5.82 Å². The van der Waals surface area contributed by atoms with Crippen LogP contribution >= 0.6 is 0 Å². The van der Waals surface area contributed by atoms with Gasteiger partial charge in [-0.3, -0.25) is 0 Å². The van der Waals surface area contributed by atoms with Gasteiger partial charge < -0.3 is 19.6 Å². The Kier molecular flexibility index (Phi) is 4.68. The minimum Gasteiger partial charge on any atom is -0.493 e. The van der Waals surface area contributed by atoms with E-state index in [1.165, 1.54) is 7.11 Å². The molecule has 0 aliphatic rings. The first-order chi connectivity index (χ1) is 13.7. The van der Waals surface area contributed by atoms with E-state index in [0.29, 0.717) is 22.9 Å². The summed E-state index contributed by atoms with van der Waals surface area (Å²) in [6.45, 7) is 0. The van der Waals surface area contributed by atoms with Gasteiger partial charge in [0.05, 0.1) is 18.1 Å². The summed E-state index contributed by atoms with van der Waals surface area (Å²) < 4.78 is 11.2. The smallest absolute Gasteiger partial charge is 0.349 e. The molecule has 4 rings (SSSR count). The fourth-order valence-electron chi connectivity index (χ4n) is 3.02. The van der Waals surface area contributed by atoms with Gasteiger partial charge in [0.15, 0.2) is 11.5 Å². The largest absolute Gasteiger partial charge is 0.493 e. The summed E-state index contributed by atoms with van der Waals surface area (Å²) in [4.78, 5) is 19.6. The van der Waals surface area contributed by atoms with Crippen LogP contribution in [-0.4, -0.2) is 28.2 Å². The number of carboxylic acids is 1. The topological polar surface area (TPSA) is 84.4 Å². The summed E-state index contributed by atoms with van der Waals surface area (Å²) in [5.74, 6) is 0.362. The molecule has 0 saturated heterocycles. The van der Waals surface area contributed by atoms with Crippen molar-refractivity contribution in [3.05, 3.63) is 78.4 Å². The van der Waals surface area contributed by atoms with Crippen LogP contribution in [0.25, 0.3) is 22.4 Å². The number of carboxylic acid groups (broad SMARTS) is 1. The number of aliphatic carboxylic acids is 1. The highest BCUT2D eigenvalue weighted by molar-refractivity contribution is 5.80. The van der Waals surface area contributed by atoms with Crippen LogP contribution in [0.5, 0.6) is 11.5 Å². The third-order valence-electron chi connectivity index (χ3n) is 4.40. The van der Waals surface area contributed by atoms with Crippen molar-refractivity contribution >= 4 is 17.0 Å². The van der Waals surface area contributed by atoms with Gasteiger partial charge in [-0.15, -0.1) is 0 Å². The third-order valence-corrected chi connectivity index (χ3v) is 4.40. The zero-order valence-electron chi connectivity index (χ0n) is 15.1. The van der Waals surface area contributed by atoms with E-state index in [9.17, 15) is 9.90 Å². The van der Waals surface area contributed by atoms with Crippen molar-refractivity contribution in [3.63, 3.8) is 0 Å². The molecule has 6 nitrogen and oxygen atoms in total. The number of aromatic nitrogens is 2. The first-order valence-corrected chi connectivity index (χ1v) is 8.73. The van der Waals surface area contributed by atoms with Crippen LogP contribution in [0.3, 0.4) is 0 Å². The van der Waals surface area contributed by atoms with Gasteiger partial charge in [0.25, 0.3) is 0 Å². The van der Waals surface area contributed by atoms with E-state index in [-0.39, 0.29) is 0 Å². The predicted molar refractivity (Wildman–Crippen MR) is 106 cm³/mol. The lowest BCUT2D eigenvalue weighted by Crippen LogP contribution is -2.18. The number of rotatable bonds is 6. The highest BCUT2D eigenvalue weighted by Crippen LogP contribution is 2.35. The lowest BCUT2D eigenvalue weighted by atomic mass is 10.1. The van der Waals surface area contributed by atoms with Gasteiger partial charge in [-0.25, -0.2) is 9.78 Å². The van der Waals surface area contributed by atoms with Gasteiger partial charge in [0.2, 0.25) is 6.10 Å². The molecule has 2 N–H and O–H groups in total. The monoisotopic (exact) mass is 374 g/mol. The molecule has 0 saturated carbocycles. The Labute approximate surface area is 161 Å². The summed E-state index contributed by atoms with van der Waals surface area (Å²) in [6.07, 6.45) is -1.15. The molecule has 0 radical (unpaired) electrons. The molecule has 140 valence electrons. The molecule has 0 amide bonds. The minimum atomic E-state index is -1.15. The summed E-state index contributed by atoms with van der Waals surface area (Å²) in [6, 6.07) is 21.9. The maximum Gasteiger partial charge on any atom is 0.349 e. The number of nitrogens with one attached hydrogen (secondary N) is 1. The molecular weight excluding hydrogens is 356 g/mol. The lowest BCUT2D eigenvalue weighted by molar-refractivity contribution is -0.145. The zero-order valence-corrected chi connectivity index (χ0v) is 15.1. The highest BCUT2D eigenvalue weighted by Gasteiger charge is 2.23. The Morgan fingerprint density at radius 2 is 1.75 bits per heavy atom. The molecule has 4 aromatic rings. The molecule has 1 aromatic heterocycles. The maximum absolute atomic E-state index is 11.8. The van der Waals surface area contributed by atoms with Gasteiger partial charge >= 0.3 is 5.97 Å². The second-order valence-electron chi connectivity index (χ2n) is 6.22. The molecule has 0 aliphatic carbocycles. The van der Waals surface area contributed by atoms with Crippen molar-refractivity contribution < 1.29 is 19.4 Å². The van der Waals surface area contributed by atoms with E-state index in [1.54, 1.807) is 36.4 Å². The number of imidazole rings is 1. The SMILES string of the molecule is COc1ccc(-c2nc3ccccc3[nH]2)cc1OC(C(=O)O)c1ccccc1. The summed E-state index contributed by atoms with van der Waals surface area (Å²) in [5, 5.41) is 9.65. The average molecular weight is 374 g/mol. The van der Waals surface area contributed by atoms with Crippen LogP contribution in [0, 0.1) is 0 Å². The number of H-pyrrole nitrogens is 1. The Morgan fingerprint density at radius 3 is 2.46 bits per heavy atom. The molecule has 1 atom stereocenters. The van der Waals surface area contributed by atoms with Crippen LogP contribution in [0.4, 0.5) is 0 Å². The Balaban J connectivity index is 1.73. The molecule has 0 aliphatic heterocycles. The standard InChI is InChI=1S/C22H18N2O4/c1-27-18-12-11-15(21-23-16-9-5-6-10-17(16)24-21)13-19(18)28-20(22(25)26)14-7-3-2-4-8-14/h2-13,20H,1H3,(H,23,24)(H,25,26). The lowest BCUT2D eigenvalue weighted by Gasteiger charge is -2.18. The van der Waals surface area contributed by atoms with Crippen molar-refractivity contribution in [2.75, 3.05) is 7.11 Å². The quantitative estimate of drug-likeness (QED) is 0.521. The highest BCUT2D eigenvalue weighted by atomic mass is 16.5. The van der Waals surface area contributed by atoms with E-state index in [2.05, 4.69) is 9.97 Å². The third kappa shape index (κ3) is 3.40. The van der Waals surface area contributed by atoms with Crippen molar-refractivity contribution in [2.45, 2.75) is 6.10 Å². The van der Waals surface area contributed by atoms with Crippen LogP contribution in [0.2, 0.25) is 0 Å². The zero-order chi connectivity index (χ0) is 19.5. The first-order valence-electron chi connectivity index (χ1n) is 8.73. The van der Waals surface area contributed by atoms with Crippen LogP contribution in [-0.2, 0) is 4.79 Å². The summed E-state index contributed by atoms with van der Waals surface area (Å²) in [5.41, 5.74) is 3.09. The normalized spacial score (nSPS) is 11.9. The second kappa shape index (κ2) is 7.44. The number of carbonyl (C=O) groups is 1. The summed E-state index contributed by atoms with van der Waals surface area (Å²) in [7, 11) is 1.52. The van der Waals surface area contributed by atoms with Crippen molar-refractivity contribution in [3.8, 4) is 22.9 Å². The van der Waals surface area contributed by atoms with Gasteiger partial charge in [-0.2, -0.15) is 0 Å². The fraction of sp³-hybridized carbons (Fsp3) is 0.0909. The van der Waals surface area contributed by atoms with Crippen molar-refractivity contribution in [1.29, 1.82) is 0 Å². The Bertz CT molecular complexity index is 1090. The van der Waals surface area contributed by atoms with Crippen LogP contribution < -0.4 is 9.47 Å². The maximum atomic E-state index is 11.8. The molecular formula is C22H18N2O4. The average Bonchev–Trinajstić information content (AvgIpc) is 3.16. The predicted octanol–water partition coefficient (Wildman–Crippen LogP) is 4.44. The molecule has 0 bridgehead atoms. The minimum absolute atomic E-state index is 0.330. The number of methoxy groups -OCH3 is 1. The second-order valence-corrected chi connectivity index (χ2v) is 6.22. The molecule has 3 aromatic carbocycles. The number of ether oxygens (including phenoxy) is 2. The Morgan fingerprint density at radius 1 is 1.00 bits per heavy atom. The van der Waals surface area contributed by atoms with E-state index < -0.39 is 12.1 Å². The molecule has 0 spiro atoms. The number of hydrogen-bond acceptors (Lipinski definition) is 4. The number of aromatic amines is 1. The number of para-hydroxylation sites is 2. The first kappa shape index (κ1) is 17.6. The number of hydrogen-bond donors (Lipinski definition) is 2. The molecule has 28 heavy (non-hydrogen) atoms. The Hall–Kier alpha value is -3.80. The number of fused-ring (bicyclic) bond motifs is 1. The fourth-order valence-corrected chi connectivity index (χ4v) is 3.02. The van der Waals surface area contributed by atoms with Crippen molar-refractivity contribution in [1.82, 2.24) is 9.97 Å². The summed E-state index contributed by atoms with van der Waals surface area (Å²) >= 11 is 0. The van der Waals surface area contributed by atoms with E-state index in [0.717, 1.165) is 16.6 Å². The van der Waals surface area contributed by atoms with Gasteiger partial charge in [-0.05, 0) is 30.3 Å². The van der Waals surface area contributed by atoms with Crippen LogP contribution in [0.1, 0.15) is 11.7 Å². The van der Waals surface area contributed by atoms with E-state index in [4.69, 9.17) is 9.47 Å². The van der Waals surface area contributed by atoms with Gasteiger partial charge in [0, 0.05) is 11.1 Å². The molecule has 1 unspecified atom stereocenters. The van der Waals surface area contributed by atoms with E-state index >= 15 is 0 Å².